The van der Waals surface area contributed by atoms with Gasteiger partial charge in [-0.3, -0.25) is 4.79 Å². The Morgan fingerprint density at radius 1 is 1.22 bits per heavy atom. The molecule has 0 aliphatic rings. The third-order valence-electron chi connectivity index (χ3n) is 2.87. The second-order valence-electron chi connectivity index (χ2n) is 3.99. The minimum atomic E-state index is -0.143. The summed E-state index contributed by atoms with van der Waals surface area (Å²) < 4.78 is 5.41. The molecule has 0 aliphatic heterocycles. The molecule has 0 heterocycles. The minimum absolute atomic E-state index is 0.143. The predicted molar refractivity (Wildman–Crippen MR) is 73.7 cm³/mol. The van der Waals surface area contributed by atoms with Crippen LogP contribution >= 0.6 is 0 Å². The van der Waals surface area contributed by atoms with Crippen molar-refractivity contribution in [1.29, 1.82) is 0 Å². The van der Waals surface area contributed by atoms with Crippen LogP contribution in [-0.4, -0.2) is 36.9 Å². The van der Waals surface area contributed by atoms with E-state index in [-0.39, 0.29) is 11.5 Å². The highest BCUT2D eigenvalue weighted by Crippen LogP contribution is 2.07. The van der Waals surface area contributed by atoms with Crippen molar-refractivity contribution in [2.75, 3.05) is 26.2 Å². The molecule has 3 nitrogen and oxygen atoms in total. The third kappa shape index (κ3) is 4.34. The molecule has 0 saturated heterocycles. The Bertz CT molecular complexity index is 383. The summed E-state index contributed by atoms with van der Waals surface area (Å²) in [6, 6.07) is 9.07. The van der Waals surface area contributed by atoms with Gasteiger partial charge in [0.05, 0.1) is 0 Å². The van der Waals surface area contributed by atoms with Crippen LogP contribution in [0.3, 0.4) is 0 Å². The van der Waals surface area contributed by atoms with E-state index in [0.717, 1.165) is 19.6 Å². The summed E-state index contributed by atoms with van der Waals surface area (Å²) in [7, 11) is 0. The second-order valence-corrected chi connectivity index (χ2v) is 3.99. The van der Waals surface area contributed by atoms with Crippen LogP contribution in [0.2, 0.25) is 0 Å². The van der Waals surface area contributed by atoms with Crippen LogP contribution in [0.5, 0.6) is 0 Å². The fourth-order valence-corrected chi connectivity index (χ4v) is 1.65. The van der Waals surface area contributed by atoms with Crippen LogP contribution in [0.1, 0.15) is 24.2 Å². The van der Waals surface area contributed by atoms with Gasteiger partial charge in [0.1, 0.15) is 6.61 Å². The van der Waals surface area contributed by atoms with Crippen molar-refractivity contribution in [1.82, 2.24) is 4.90 Å². The molecule has 0 atom stereocenters. The number of Topliss-reactive ketones (excluding diaryl/α,β-unsaturated/α-hetero) is 1. The summed E-state index contributed by atoms with van der Waals surface area (Å²) in [5.74, 6) is 0.0727. The Morgan fingerprint density at radius 2 is 1.83 bits per heavy atom. The highest BCUT2D eigenvalue weighted by atomic mass is 16.5. The maximum atomic E-state index is 11.9. The topological polar surface area (TPSA) is 29.5 Å². The summed E-state index contributed by atoms with van der Waals surface area (Å²) >= 11 is 0. The van der Waals surface area contributed by atoms with E-state index in [4.69, 9.17) is 4.74 Å². The monoisotopic (exact) mass is 247 g/mol. The molecule has 0 aromatic heterocycles. The van der Waals surface area contributed by atoms with Gasteiger partial charge in [-0.2, -0.15) is 0 Å². The van der Waals surface area contributed by atoms with E-state index in [1.165, 1.54) is 0 Å². The fourth-order valence-electron chi connectivity index (χ4n) is 1.65. The van der Waals surface area contributed by atoms with Crippen molar-refractivity contribution in [3.05, 3.63) is 48.2 Å². The van der Waals surface area contributed by atoms with Crippen molar-refractivity contribution in [3.63, 3.8) is 0 Å². The number of ether oxygens (including phenoxy) is 1. The first-order valence-electron chi connectivity index (χ1n) is 6.32. The zero-order chi connectivity index (χ0) is 13.4. The predicted octanol–water partition coefficient (Wildman–Crippen LogP) is 2.74. The van der Waals surface area contributed by atoms with Gasteiger partial charge in [-0.1, -0.05) is 50.8 Å². The summed E-state index contributed by atoms with van der Waals surface area (Å²) in [6.45, 7) is 11.2. The van der Waals surface area contributed by atoms with E-state index in [1.54, 1.807) is 12.1 Å². The standard InChI is InChI=1S/C15H21NO2/c1-4-16(5-2)11-12-18-13(3)15(17)14-9-7-6-8-10-14/h6-10H,3-5,11-12H2,1-2H3. The quantitative estimate of drug-likeness (QED) is 0.402. The van der Waals surface area contributed by atoms with Gasteiger partial charge in [0.2, 0.25) is 5.78 Å². The zero-order valence-corrected chi connectivity index (χ0v) is 11.2. The fraction of sp³-hybridized carbons (Fsp3) is 0.400. The van der Waals surface area contributed by atoms with E-state index in [9.17, 15) is 4.79 Å². The van der Waals surface area contributed by atoms with Crippen molar-refractivity contribution < 1.29 is 9.53 Å². The van der Waals surface area contributed by atoms with Crippen LogP contribution in [0, 0.1) is 0 Å². The lowest BCUT2D eigenvalue weighted by Crippen LogP contribution is -2.27. The number of allylic oxidation sites excluding steroid dienone is 1. The Morgan fingerprint density at radius 3 is 2.39 bits per heavy atom. The van der Waals surface area contributed by atoms with E-state index < -0.39 is 0 Å². The molecule has 0 unspecified atom stereocenters. The van der Waals surface area contributed by atoms with Gasteiger partial charge in [0.25, 0.3) is 0 Å². The maximum Gasteiger partial charge on any atom is 0.226 e. The van der Waals surface area contributed by atoms with E-state index >= 15 is 0 Å². The van der Waals surface area contributed by atoms with E-state index in [0.29, 0.717) is 12.2 Å². The molecule has 0 N–H and O–H groups in total. The van der Waals surface area contributed by atoms with Gasteiger partial charge in [-0.15, -0.1) is 0 Å². The van der Waals surface area contributed by atoms with E-state index in [2.05, 4.69) is 25.3 Å². The Hall–Kier alpha value is -1.61. The highest BCUT2D eigenvalue weighted by molar-refractivity contribution is 6.06. The average molecular weight is 247 g/mol. The Kier molecular flexibility index (Phi) is 6.15. The number of rotatable bonds is 8. The first kappa shape index (κ1) is 14.5. The third-order valence-corrected chi connectivity index (χ3v) is 2.87. The molecule has 1 rings (SSSR count). The molecule has 0 amide bonds. The van der Waals surface area contributed by atoms with Gasteiger partial charge in [-0.25, -0.2) is 0 Å². The largest absolute Gasteiger partial charge is 0.489 e. The van der Waals surface area contributed by atoms with Crippen LogP contribution in [0.25, 0.3) is 0 Å². The molecule has 3 heteroatoms. The first-order chi connectivity index (χ1) is 8.69. The number of benzene rings is 1. The molecular formula is C15H21NO2. The first-order valence-corrected chi connectivity index (χ1v) is 6.32. The normalized spacial score (nSPS) is 10.4. The lowest BCUT2D eigenvalue weighted by molar-refractivity contribution is 0.0895. The average Bonchev–Trinajstić information content (AvgIpc) is 2.43. The molecule has 0 fully saturated rings. The molecular weight excluding hydrogens is 226 g/mol. The van der Waals surface area contributed by atoms with Crippen LogP contribution < -0.4 is 0 Å². The van der Waals surface area contributed by atoms with Crippen molar-refractivity contribution >= 4 is 5.78 Å². The summed E-state index contributed by atoms with van der Waals surface area (Å²) in [5.41, 5.74) is 0.616. The summed E-state index contributed by atoms with van der Waals surface area (Å²) in [6.07, 6.45) is 0. The maximum absolute atomic E-state index is 11.9. The molecule has 0 radical (unpaired) electrons. The smallest absolute Gasteiger partial charge is 0.226 e. The van der Waals surface area contributed by atoms with E-state index in [1.807, 2.05) is 18.2 Å². The number of ketones is 1. The van der Waals surface area contributed by atoms with Gasteiger partial charge in [-0.05, 0) is 13.1 Å². The number of hydrogen-bond donors (Lipinski definition) is 0. The molecule has 0 bridgehead atoms. The number of carbonyl (C=O) groups excluding carboxylic acids is 1. The Labute approximate surface area is 109 Å². The number of hydrogen-bond acceptors (Lipinski definition) is 3. The van der Waals surface area contributed by atoms with Gasteiger partial charge >= 0.3 is 0 Å². The molecule has 1 aromatic carbocycles. The summed E-state index contributed by atoms with van der Waals surface area (Å²) in [5, 5.41) is 0. The molecule has 0 spiro atoms. The molecule has 0 aliphatic carbocycles. The van der Waals surface area contributed by atoms with Crippen molar-refractivity contribution in [2.24, 2.45) is 0 Å². The lowest BCUT2D eigenvalue weighted by Gasteiger charge is -2.18. The van der Waals surface area contributed by atoms with Crippen molar-refractivity contribution in [3.8, 4) is 0 Å². The molecule has 98 valence electrons. The van der Waals surface area contributed by atoms with Crippen LogP contribution in [-0.2, 0) is 4.74 Å². The minimum Gasteiger partial charge on any atom is -0.489 e. The SMILES string of the molecule is C=C(OCCN(CC)CC)C(=O)c1ccccc1. The molecule has 0 saturated carbocycles. The number of nitrogens with zero attached hydrogens (tertiary/aromatic N) is 1. The van der Waals surface area contributed by atoms with Gasteiger partial charge in [0, 0.05) is 12.1 Å². The molecule has 18 heavy (non-hydrogen) atoms. The second kappa shape index (κ2) is 7.67. The van der Waals surface area contributed by atoms with Gasteiger partial charge < -0.3 is 9.64 Å². The Balaban J connectivity index is 2.40. The van der Waals surface area contributed by atoms with Crippen molar-refractivity contribution in [2.45, 2.75) is 13.8 Å². The lowest BCUT2D eigenvalue weighted by atomic mass is 10.1. The van der Waals surface area contributed by atoms with Crippen LogP contribution in [0.15, 0.2) is 42.7 Å². The van der Waals surface area contributed by atoms with Gasteiger partial charge in [0.15, 0.2) is 5.76 Å². The zero-order valence-electron chi connectivity index (χ0n) is 11.2. The molecule has 1 aromatic rings. The number of likely N-dealkylation sites (N-methyl/N-ethyl adjacent to an activating group) is 1. The van der Waals surface area contributed by atoms with Crippen LogP contribution in [0.4, 0.5) is 0 Å². The highest BCUT2D eigenvalue weighted by Gasteiger charge is 2.11. The summed E-state index contributed by atoms with van der Waals surface area (Å²) in [4.78, 5) is 14.2. The number of carbonyl (C=O) groups is 1.